The summed E-state index contributed by atoms with van der Waals surface area (Å²) in [6.45, 7) is 2.74. The highest BCUT2D eigenvalue weighted by Crippen LogP contribution is 2.31. The van der Waals surface area contributed by atoms with Crippen LogP contribution in [0, 0.1) is 6.92 Å². The number of carbonyl (C=O) groups excluding carboxylic acids is 1. The van der Waals surface area contributed by atoms with Gasteiger partial charge in [-0.2, -0.15) is 0 Å². The monoisotopic (exact) mass is 347 g/mol. The molecule has 0 spiro atoms. The average Bonchev–Trinajstić information content (AvgIpc) is 2.67. The highest BCUT2D eigenvalue weighted by molar-refractivity contribution is 5.95. The third-order valence-electron chi connectivity index (χ3n) is 5.21. The molecule has 1 amide bonds. The molecule has 1 saturated heterocycles. The molecular weight excluding hydrogens is 326 g/mol. The number of nitrogens with zero attached hydrogens (tertiary/aromatic N) is 3. The van der Waals surface area contributed by atoms with Gasteiger partial charge in [0.05, 0.1) is 17.4 Å². The molecular formula is C21H21N3O2. The zero-order valence-electron chi connectivity index (χ0n) is 14.7. The summed E-state index contributed by atoms with van der Waals surface area (Å²) in [7, 11) is 0. The average molecular weight is 347 g/mol. The van der Waals surface area contributed by atoms with Gasteiger partial charge in [0.1, 0.15) is 6.33 Å². The number of aliphatic hydroxyl groups excluding tert-OH is 1. The predicted molar refractivity (Wildman–Crippen MR) is 100.0 cm³/mol. The lowest BCUT2D eigenvalue weighted by atomic mass is 9.86. The van der Waals surface area contributed by atoms with Gasteiger partial charge in [-0.05, 0) is 29.7 Å². The molecule has 132 valence electrons. The summed E-state index contributed by atoms with van der Waals surface area (Å²) < 4.78 is 0. The van der Waals surface area contributed by atoms with Crippen LogP contribution >= 0.6 is 0 Å². The van der Waals surface area contributed by atoms with Crippen molar-refractivity contribution in [2.24, 2.45) is 0 Å². The minimum atomic E-state index is -0.584. The molecule has 0 bridgehead atoms. The molecule has 3 aromatic rings. The number of carbonyl (C=O) groups is 1. The first-order valence-corrected chi connectivity index (χ1v) is 8.86. The van der Waals surface area contributed by atoms with Gasteiger partial charge in [0.25, 0.3) is 5.91 Å². The Hall–Kier alpha value is -2.79. The summed E-state index contributed by atoms with van der Waals surface area (Å²) in [4.78, 5) is 22.5. The Kier molecular flexibility index (Phi) is 4.39. The maximum Gasteiger partial charge on any atom is 0.257 e. The van der Waals surface area contributed by atoms with Gasteiger partial charge in [0.2, 0.25) is 0 Å². The number of aryl methyl sites for hydroxylation is 1. The number of rotatable bonds is 2. The van der Waals surface area contributed by atoms with Crippen LogP contribution < -0.4 is 0 Å². The van der Waals surface area contributed by atoms with Crippen molar-refractivity contribution in [1.82, 2.24) is 14.9 Å². The topological polar surface area (TPSA) is 66.3 Å². The molecule has 5 heteroatoms. The maximum atomic E-state index is 12.7. The zero-order chi connectivity index (χ0) is 18.1. The lowest BCUT2D eigenvalue weighted by Crippen LogP contribution is -2.46. The smallest absolute Gasteiger partial charge is 0.257 e. The van der Waals surface area contributed by atoms with Gasteiger partial charge in [-0.15, -0.1) is 0 Å². The highest BCUT2D eigenvalue weighted by Gasteiger charge is 2.32. The van der Waals surface area contributed by atoms with Gasteiger partial charge in [-0.3, -0.25) is 4.79 Å². The van der Waals surface area contributed by atoms with Crippen molar-refractivity contribution in [3.63, 3.8) is 0 Å². The van der Waals surface area contributed by atoms with E-state index in [4.69, 9.17) is 0 Å². The SMILES string of the molecule is Cc1ncncc1C(=O)N1CC[C@@H](c2ccc3ccccc3c2)[C@H](O)C1. The zero-order valence-corrected chi connectivity index (χ0v) is 14.7. The van der Waals surface area contributed by atoms with Gasteiger partial charge in [0, 0.05) is 25.2 Å². The van der Waals surface area contributed by atoms with Crippen LogP contribution in [-0.2, 0) is 0 Å². The van der Waals surface area contributed by atoms with Crippen molar-refractivity contribution < 1.29 is 9.90 Å². The second-order valence-corrected chi connectivity index (χ2v) is 6.84. The molecule has 2 aromatic carbocycles. The number of hydrogen-bond acceptors (Lipinski definition) is 4. The second kappa shape index (κ2) is 6.84. The van der Waals surface area contributed by atoms with E-state index in [-0.39, 0.29) is 11.8 Å². The van der Waals surface area contributed by atoms with Crippen molar-refractivity contribution in [3.8, 4) is 0 Å². The fourth-order valence-electron chi connectivity index (χ4n) is 3.71. The van der Waals surface area contributed by atoms with Gasteiger partial charge in [-0.1, -0.05) is 42.5 Å². The molecule has 0 aliphatic carbocycles. The number of aliphatic hydroxyl groups is 1. The fourth-order valence-corrected chi connectivity index (χ4v) is 3.71. The molecule has 0 unspecified atom stereocenters. The van der Waals surface area contributed by atoms with Crippen molar-refractivity contribution in [1.29, 1.82) is 0 Å². The van der Waals surface area contributed by atoms with Crippen LogP contribution in [0.15, 0.2) is 55.0 Å². The Morgan fingerprint density at radius 1 is 1.19 bits per heavy atom. The lowest BCUT2D eigenvalue weighted by molar-refractivity contribution is 0.0381. The van der Waals surface area contributed by atoms with Crippen LogP contribution in [-0.4, -0.2) is 45.1 Å². The Balaban J connectivity index is 1.53. The minimum Gasteiger partial charge on any atom is -0.391 e. The summed E-state index contributed by atoms with van der Waals surface area (Å²) in [5.74, 6) is -0.0733. The molecule has 0 radical (unpaired) electrons. The minimum absolute atomic E-state index is 0.0387. The van der Waals surface area contributed by atoms with E-state index in [1.165, 1.54) is 17.1 Å². The molecule has 2 heterocycles. The van der Waals surface area contributed by atoms with Gasteiger partial charge in [0.15, 0.2) is 0 Å². The van der Waals surface area contributed by atoms with E-state index >= 15 is 0 Å². The van der Waals surface area contributed by atoms with Gasteiger partial charge in [-0.25, -0.2) is 9.97 Å². The van der Waals surface area contributed by atoms with E-state index < -0.39 is 6.10 Å². The number of fused-ring (bicyclic) bond motifs is 1. The molecule has 1 N–H and O–H groups in total. The summed E-state index contributed by atoms with van der Waals surface area (Å²) in [6, 6.07) is 14.5. The first kappa shape index (κ1) is 16.7. The first-order chi connectivity index (χ1) is 12.6. The molecule has 1 aromatic heterocycles. The molecule has 0 saturated carbocycles. The Morgan fingerprint density at radius 2 is 2.00 bits per heavy atom. The normalized spacial score (nSPS) is 20.3. The molecule has 1 aliphatic rings. The van der Waals surface area contributed by atoms with Crippen LogP contribution in [0.2, 0.25) is 0 Å². The quantitative estimate of drug-likeness (QED) is 0.774. The number of piperidine rings is 1. The van der Waals surface area contributed by atoms with E-state index in [0.29, 0.717) is 24.3 Å². The van der Waals surface area contributed by atoms with Crippen LogP contribution in [0.25, 0.3) is 10.8 Å². The largest absolute Gasteiger partial charge is 0.391 e. The van der Waals surface area contributed by atoms with Crippen molar-refractivity contribution in [2.75, 3.05) is 13.1 Å². The number of benzene rings is 2. The fraction of sp³-hybridized carbons (Fsp3) is 0.286. The molecule has 1 aliphatic heterocycles. The van der Waals surface area contributed by atoms with E-state index in [1.807, 2.05) is 12.1 Å². The van der Waals surface area contributed by atoms with Gasteiger partial charge < -0.3 is 10.0 Å². The van der Waals surface area contributed by atoms with Crippen LogP contribution in [0.4, 0.5) is 0 Å². The van der Waals surface area contributed by atoms with Crippen molar-refractivity contribution in [2.45, 2.75) is 25.4 Å². The maximum absolute atomic E-state index is 12.7. The van der Waals surface area contributed by atoms with Crippen LogP contribution in [0.3, 0.4) is 0 Å². The van der Waals surface area contributed by atoms with E-state index in [1.54, 1.807) is 18.0 Å². The van der Waals surface area contributed by atoms with Crippen LogP contribution in [0.1, 0.15) is 34.0 Å². The van der Waals surface area contributed by atoms with Gasteiger partial charge >= 0.3 is 0 Å². The molecule has 4 rings (SSSR count). The Bertz CT molecular complexity index is 957. The number of amides is 1. The van der Waals surface area contributed by atoms with Crippen LogP contribution in [0.5, 0.6) is 0 Å². The molecule has 26 heavy (non-hydrogen) atoms. The molecule has 1 fully saturated rings. The summed E-state index contributed by atoms with van der Waals surface area (Å²) >= 11 is 0. The highest BCUT2D eigenvalue weighted by atomic mass is 16.3. The van der Waals surface area contributed by atoms with E-state index in [2.05, 4.69) is 40.3 Å². The Labute approximate surface area is 152 Å². The van der Waals surface area contributed by atoms with E-state index in [0.717, 1.165) is 12.0 Å². The summed E-state index contributed by atoms with van der Waals surface area (Å²) in [5.41, 5.74) is 2.29. The summed E-state index contributed by atoms with van der Waals surface area (Å²) in [5, 5.41) is 13.1. The third-order valence-corrected chi connectivity index (χ3v) is 5.21. The van der Waals surface area contributed by atoms with Crippen molar-refractivity contribution >= 4 is 16.7 Å². The second-order valence-electron chi connectivity index (χ2n) is 6.84. The van der Waals surface area contributed by atoms with E-state index in [9.17, 15) is 9.90 Å². The predicted octanol–water partition coefficient (Wildman–Crippen LogP) is 2.93. The standard InChI is InChI=1S/C21H21N3O2/c1-14-19(11-22-13-23-14)21(26)24-9-8-18(20(25)12-24)17-7-6-15-4-2-3-5-16(15)10-17/h2-7,10-11,13,18,20,25H,8-9,12H2,1H3/t18-,20+/m0/s1. The number of aromatic nitrogens is 2. The number of likely N-dealkylation sites (tertiary alicyclic amines) is 1. The number of hydrogen-bond donors (Lipinski definition) is 1. The summed E-state index contributed by atoms with van der Waals surface area (Å²) in [6.07, 6.45) is 3.14. The molecule has 5 nitrogen and oxygen atoms in total. The number of β-amino-alcohol motifs (C(OH)–C–C–N with tert-alkyl or cyclic N) is 1. The van der Waals surface area contributed by atoms with Crippen molar-refractivity contribution in [3.05, 3.63) is 71.8 Å². The first-order valence-electron chi connectivity index (χ1n) is 8.86. The third kappa shape index (κ3) is 3.06. The molecule has 2 atom stereocenters. The Morgan fingerprint density at radius 3 is 2.77 bits per heavy atom. The lowest BCUT2D eigenvalue weighted by Gasteiger charge is -2.36.